The van der Waals surface area contributed by atoms with Crippen molar-refractivity contribution in [2.45, 2.75) is 39.8 Å². The molecule has 3 aromatic carbocycles. The van der Waals surface area contributed by atoms with Crippen LogP contribution in [0.3, 0.4) is 0 Å². The predicted molar refractivity (Wildman–Crippen MR) is 139 cm³/mol. The molecular weight excluding hydrogens is 492 g/mol. The summed E-state index contributed by atoms with van der Waals surface area (Å²) in [5.74, 6) is 0.217. The maximum Gasteiger partial charge on any atom is 0.261 e. The number of aryl methyl sites for hydroxylation is 2. The van der Waals surface area contributed by atoms with Crippen LogP contribution in [0, 0.1) is 13.8 Å². The van der Waals surface area contributed by atoms with Gasteiger partial charge < -0.3 is 15.0 Å². The molecule has 6 heteroatoms. The number of amides is 2. The highest BCUT2D eigenvalue weighted by atomic mass is 79.9. The lowest BCUT2D eigenvalue weighted by Crippen LogP contribution is -2.51. The first kappa shape index (κ1) is 25.5. The zero-order chi connectivity index (χ0) is 24.5. The summed E-state index contributed by atoms with van der Waals surface area (Å²) in [4.78, 5) is 28.3. The Bertz CT molecular complexity index is 1100. The lowest BCUT2D eigenvalue weighted by atomic mass is 10.0. The normalized spacial score (nSPS) is 11.5. The van der Waals surface area contributed by atoms with E-state index in [9.17, 15) is 9.59 Å². The summed E-state index contributed by atoms with van der Waals surface area (Å²) in [5.41, 5.74) is 4.18. The Morgan fingerprint density at radius 1 is 0.941 bits per heavy atom. The topological polar surface area (TPSA) is 58.6 Å². The van der Waals surface area contributed by atoms with Gasteiger partial charge in [0.05, 0.1) is 0 Å². The summed E-state index contributed by atoms with van der Waals surface area (Å²) < 4.78 is 6.81. The Hall–Kier alpha value is -3.12. The third kappa shape index (κ3) is 7.19. The van der Waals surface area contributed by atoms with E-state index in [-0.39, 0.29) is 18.4 Å². The average Bonchev–Trinajstić information content (AvgIpc) is 2.84. The Morgan fingerprint density at radius 3 is 2.29 bits per heavy atom. The fourth-order valence-corrected chi connectivity index (χ4v) is 3.93. The van der Waals surface area contributed by atoms with E-state index in [4.69, 9.17) is 4.74 Å². The van der Waals surface area contributed by atoms with Gasteiger partial charge in [0, 0.05) is 24.0 Å². The molecule has 0 aromatic heterocycles. The van der Waals surface area contributed by atoms with E-state index >= 15 is 0 Å². The highest BCUT2D eigenvalue weighted by molar-refractivity contribution is 9.10. The van der Waals surface area contributed by atoms with Gasteiger partial charge in [-0.3, -0.25) is 9.59 Å². The monoisotopic (exact) mass is 522 g/mol. The van der Waals surface area contributed by atoms with E-state index in [0.717, 1.165) is 26.7 Å². The molecule has 0 saturated carbocycles. The van der Waals surface area contributed by atoms with Gasteiger partial charge in [0.25, 0.3) is 5.91 Å². The number of rotatable bonds is 10. The number of hydrogen-bond donors (Lipinski definition) is 1. The van der Waals surface area contributed by atoms with Crippen LogP contribution in [0.2, 0.25) is 0 Å². The van der Waals surface area contributed by atoms with Gasteiger partial charge in [-0.05, 0) is 67.3 Å². The molecule has 0 heterocycles. The maximum atomic E-state index is 13.5. The van der Waals surface area contributed by atoms with Crippen LogP contribution in [0.4, 0.5) is 0 Å². The second-order valence-corrected chi connectivity index (χ2v) is 9.20. The molecule has 0 aliphatic heterocycles. The molecule has 0 aliphatic carbocycles. The van der Waals surface area contributed by atoms with Crippen LogP contribution >= 0.6 is 15.9 Å². The Morgan fingerprint density at radius 2 is 1.65 bits per heavy atom. The second-order valence-electron chi connectivity index (χ2n) is 8.28. The van der Waals surface area contributed by atoms with Gasteiger partial charge in [0.15, 0.2) is 6.61 Å². The minimum atomic E-state index is -0.665. The smallest absolute Gasteiger partial charge is 0.261 e. The molecule has 1 unspecified atom stereocenters. The van der Waals surface area contributed by atoms with E-state index in [1.807, 2.05) is 93.6 Å². The first-order valence-electron chi connectivity index (χ1n) is 11.4. The first-order chi connectivity index (χ1) is 16.4. The van der Waals surface area contributed by atoms with Crippen molar-refractivity contribution in [1.82, 2.24) is 10.2 Å². The van der Waals surface area contributed by atoms with Gasteiger partial charge in [0.2, 0.25) is 5.91 Å². The standard InChI is InChI=1S/C28H31BrN2O3/c1-4-30-28(33)26(17-22-8-6-5-7-9-22)31(18-23-11-13-24(29)14-12-23)27(32)19-34-25-15-10-20(2)21(3)16-25/h5-16,26H,4,17-19H2,1-3H3,(H,30,33). The zero-order valence-corrected chi connectivity index (χ0v) is 21.5. The molecule has 2 amide bonds. The molecule has 0 aliphatic rings. The SMILES string of the molecule is CCNC(=O)C(Cc1ccccc1)N(Cc1ccc(Br)cc1)C(=O)COc1ccc(C)c(C)c1. The summed E-state index contributed by atoms with van der Waals surface area (Å²) in [6.45, 7) is 6.56. The molecule has 0 bridgehead atoms. The molecule has 1 atom stereocenters. The summed E-state index contributed by atoms with van der Waals surface area (Å²) in [7, 11) is 0. The molecule has 3 aromatic rings. The van der Waals surface area contributed by atoms with Crippen molar-refractivity contribution in [1.29, 1.82) is 0 Å². The van der Waals surface area contributed by atoms with Crippen LogP contribution in [0.15, 0.2) is 77.3 Å². The quantitative estimate of drug-likeness (QED) is 0.397. The second kappa shape index (κ2) is 12.4. The van der Waals surface area contributed by atoms with Gasteiger partial charge in [-0.1, -0.05) is 64.5 Å². The van der Waals surface area contributed by atoms with Crippen LogP contribution in [0.5, 0.6) is 5.75 Å². The van der Waals surface area contributed by atoms with Gasteiger partial charge in [0.1, 0.15) is 11.8 Å². The van der Waals surface area contributed by atoms with Gasteiger partial charge in [-0.15, -0.1) is 0 Å². The van der Waals surface area contributed by atoms with E-state index in [2.05, 4.69) is 21.2 Å². The summed E-state index contributed by atoms with van der Waals surface area (Å²) >= 11 is 3.45. The highest BCUT2D eigenvalue weighted by Crippen LogP contribution is 2.19. The fourth-order valence-electron chi connectivity index (χ4n) is 3.66. The Labute approximate surface area is 210 Å². The van der Waals surface area contributed by atoms with Crippen molar-refractivity contribution in [3.8, 4) is 5.75 Å². The van der Waals surface area contributed by atoms with E-state index in [1.54, 1.807) is 4.90 Å². The predicted octanol–water partition coefficient (Wildman–Crippen LogP) is 5.22. The Balaban J connectivity index is 1.88. The molecule has 178 valence electrons. The molecular formula is C28H31BrN2O3. The Kier molecular flexibility index (Phi) is 9.28. The first-order valence-corrected chi connectivity index (χ1v) is 12.2. The van der Waals surface area contributed by atoms with E-state index in [1.165, 1.54) is 0 Å². The molecule has 0 radical (unpaired) electrons. The average molecular weight is 523 g/mol. The number of nitrogens with zero attached hydrogens (tertiary/aromatic N) is 1. The van der Waals surface area contributed by atoms with Crippen LogP contribution < -0.4 is 10.1 Å². The molecule has 0 fully saturated rings. The van der Waals surface area contributed by atoms with Crippen LogP contribution in [-0.2, 0) is 22.6 Å². The number of halogens is 1. The summed E-state index contributed by atoms with van der Waals surface area (Å²) in [6, 6.07) is 22.6. The largest absolute Gasteiger partial charge is 0.484 e. The molecule has 34 heavy (non-hydrogen) atoms. The van der Waals surface area contributed by atoms with E-state index < -0.39 is 6.04 Å². The van der Waals surface area contributed by atoms with Crippen molar-refractivity contribution in [3.05, 3.63) is 99.5 Å². The lowest BCUT2D eigenvalue weighted by molar-refractivity contribution is -0.142. The molecule has 0 spiro atoms. The molecule has 3 rings (SSSR count). The minimum absolute atomic E-state index is 0.149. The van der Waals surface area contributed by atoms with Crippen LogP contribution in [0.25, 0.3) is 0 Å². The number of likely N-dealkylation sites (N-methyl/N-ethyl adjacent to an activating group) is 1. The lowest BCUT2D eigenvalue weighted by Gasteiger charge is -2.31. The van der Waals surface area contributed by atoms with Crippen molar-refractivity contribution >= 4 is 27.7 Å². The van der Waals surface area contributed by atoms with Crippen molar-refractivity contribution in [2.75, 3.05) is 13.2 Å². The van der Waals surface area contributed by atoms with Crippen molar-refractivity contribution in [3.63, 3.8) is 0 Å². The molecule has 1 N–H and O–H groups in total. The number of benzene rings is 3. The number of ether oxygens (including phenoxy) is 1. The fraction of sp³-hybridized carbons (Fsp3) is 0.286. The number of nitrogens with one attached hydrogen (secondary N) is 1. The van der Waals surface area contributed by atoms with Crippen LogP contribution in [0.1, 0.15) is 29.2 Å². The van der Waals surface area contributed by atoms with Crippen molar-refractivity contribution in [2.24, 2.45) is 0 Å². The summed E-state index contributed by atoms with van der Waals surface area (Å²) in [5, 5.41) is 2.90. The number of carbonyl (C=O) groups is 2. The zero-order valence-electron chi connectivity index (χ0n) is 19.9. The highest BCUT2D eigenvalue weighted by Gasteiger charge is 2.30. The number of hydrogen-bond acceptors (Lipinski definition) is 3. The third-order valence-corrected chi connectivity index (χ3v) is 6.26. The molecule has 5 nitrogen and oxygen atoms in total. The minimum Gasteiger partial charge on any atom is -0.484 e. The third-order valence-electron chi connectivity index (χ3n) is 5.73. The summed E-state index contributed by atoms with van der Waals surface area (Å²) in [6.07, 6.45) is 0.415. The van der Waals surface area contributed by atoms with Crippen molar-refractivity contribution < 1.29 is 14.3 Å². The van der Waals surface area contributed by atoms with E-state index in [0.29, 0.717) is 25.3 Å². The molecule has 0 saturated heterocycles. The van der Waals surface area contributed by atoms with Gasteiger partial charge in [-0.25, -0.2) is 0 Å². The van der Waals surface area contributed by atoms with Gasteiger partial charge in [-0.2, -0.15) is 0 Å². The number of carbonyl (C=O) groups excluding carboxylic acids is 2. The van der Waals surface area contributed by atoms with Crippen LogP contribution in [-0.4, -0.2) is 35.9 Å². The van der Waals surface area contributed by atoms with Gasteiger partial charge >= 0.3 is 0 Å². The maximum absolute atomic E-state index is 13.5.